The summed E-state index contributed by atoms with van der Waals surface area (Å²) in [4.78, 5) is 15.1. The Bertz CT molecular complexity index is 676. The highest BCUT2D eigenvalue weighted by atomic mass is 35.5. The van der Waals surface area contributed by atoms with Crippen molar-refractivity contribution in [2.45, 2.75) is 12.3 Å². The van der Waals surface area contributed by atoms with Gasteiger partial charge in [0.25, 0.3) is 0 Å². The number of aromatic nitrogens is 1. The minimum atomic E-state index is -0.880. The summed E-state index contributed by atoms with van der Waals surface area (Å²) in [6.45, 7) is 0.254. The summed E-state index contributed by atoms with van der Waals surface area (Å²) >= 11 is 6.26. The Morgan fingerprint density at radius 3 is 2.82 bits per heavy atom. The van der Waals surface area contributed by atoms with Gasteiger partial charge in [0.15, 0.2) is 0 Å². The summed E-state index contributed by atoms with van der Waals surface area (Å²) in [5, 5.41) is 9.54. The van der Waals surface area contributed by atoms with Crippen molar-refractivity contribution in [2.75, 3.05) is 13.7 Å². The number of ether oxygens (including phenoxy) is 1. The highest BCUT2D eigenvalue weighted by molar-refractivity contribution is 6.33. The lowest BCUT2D eigenvalue weighted by molar-refractivity contribution is -0.137. The summed E-state index contributed by atoms with van der Waals surface area (Å²) in [7, 11) is 1.57. The van der Waals surface area contributed by atoms with Crippen LogP contribution in [0.25, 0.3) is 11.1 Å². The molecule has 6 heteroatoms. The van der Waals surface area contributed by atoms with Crippen molar-refractivity contribution in [1.82, 2.24) is 4.98 Å². The zero-order valence-corrected chi connectivity index (χ0v) is 12.9. The van der Waals surface area contributed by atoms with Gasteiger partial charge in [-0.2, -0.15) is 0 Å². The molecular weight excluding hydrogens is 304 g/mol. The van der Waals surface area contributed by atoms with Crippen LogP contribution < -0.4 is 10.5 Å². The monoisotopic (exact) mass is 320 g/mol. The van der Waals surface area contributed by atoms with Crippen molar-refractivity contribution in [1.29, 1.82) is 0 Å². The Morgan fingerprint density at radius 2 is 2.18 bits per heavy atom. The smallest absolute Gasteiger partial charge is 0.304 e. The molecule has 5 nitrogen and oxygen atoms in total. The first-order chi connectivity index (χ1) is 10.5. The maximum Gasteiger partial charge on any atom is 0.304 e. The summed E-state index contributed by atoms with van der Waals surface area (Å²) in [5.74, 6) is -0.512. The van der Waals surface area contributed by atoms with Gasteiger partial charge in [-0.15, -0.1) is 0 Å². The first kappa shape index (κ1) is 16.3. The maximum atomic E-state index is 10.9. The molecular formula is C16H17ClN2O3. The van der Waals surface area contributed by atoms with Gasteiger partial charge in [-0.3, -0.25) is 9.78 Å². The molecule has 1 unspecified atom stereocenters. The number of carbonyl (C=O) groups is 1. The molecule has 0 aliphatic carbocycles. The van der Waals surface area contributed by atoms with E-state index in [1.807, 2.05) is 12.1 Å². The van der Waals surface area contributed by atoms with Crippen LogP contribution in [-0.4, -0.2) is 29.7 Å². The van der Waals surface area contributed by atoms with Gasteiger partial charge in [0, 0.05) is 28.3 Å². The molecule has 0 fully saturated rings. The minimum Gasteiger partial charge on any atom is -0.495 e. The second-order valence-corrected chi connectivity index (χ2v) is 5.29. The van der Waals surface area contributed by atoms with Crippen LogP contribution in [0, 0.1) is 0 Å². The molecule has 0 spiro atoms. The fourth-order valence-electron chi connectivity index (χ4n) is 2.24. The predicted octanol–water partition coefficient (Wildman–Crippen LogP) is 2.93. The summed E-state index contributed by atoms with van der Waals surface area (Å²) in [6.07, 6.45) is 3.27. The Kier molecular flexibility index (Phi) is 5.35. The second kappa shape index (κ2) is 7.24. The van der Waals surface area contributed by atoms with Crippen LogP contribution in [-0.2, 0) is 4.79 Å². The third-order valence-corrected chi connectivity index (χ3v) is 3.76. The normalized spacial score (nSPS) is 12.0. The summed E-state index contributed by atoms with van der Waals surface area (Å²) < 4.78 is 5.16. The molecule has 1 heterocycles. The number of hydrogen-bond acceptors (Lipinski definition) is 4. The first-order valence-electron chi connectivity index (χ1n) is 6.76. The lowest BCUT2D eigenvalue weighted by Crippen LogP contribution is -2.16. The SMILES string of the molecule is COc1cncc(-c2cc(C(CN)CC(=O)O)ccc2Cl)c1. The van der Waals surface area contributed by atoms with Gasteiger partial charge in [-0.25, -0.2) is 0 Å². The first-order valence-corrected chi connectivity index (χ1v) is 7.13. The molecule has 0 saturated heterocycles. The average molecular weight is 321 g/mol. The van der Waals surface area contributed by atoms with E-state index in [1.165, 1.54) is 0 Å². The van der Waals surface area contributed by atoms with E-state index >= 15 is 0 Å². The number of aliphatic carboxylic acids is 1. The van der Waals surface area contributed by atoms with Crippen LogP contribution in [0.2, 0.25) is 5.02 Å². The molecule has 116 valence electrons. The van der Waals surface area contributed by atoms with E-state index in [0.29, 0.717) is 10.8 Å². The lowest BCUT2D eigenvalue weighted by Gasteiger charge is -2.15. The van der Waals surface area contributed by atoms with Crippen LogP contribution in [0.15, 0.2) is 36.7 Å². The Hall–Kier alpha value is -2.11. The molecule has 0 bridgehead atoms. The number of halogens is 1. The van der Waals surface area contributed by atoms with Gasteiger partial charge in [0.2, 0.25) is 0 Å². The van der Waals surface area contributed by atoms with E-state index in [-0.39, 0.29) is 18.9 Å². The van der Waals surface area contributed by atoms with Crippen LogP contribution >= 0.6 is 11.6 Å². The van der Waals surface area contributed by atoms with E-state index in [2.05, 4.69) is 4.98 Å². The van der Waals surface area contributed by atoms with Crippen LogP contribution in [0.4, 0.5) is 0 Å². The molecule has 0 amide bonds. The molecule has 0 radical (unpaired) electrons. The number of nitrogens with zero attached hydrogens (tertiary/aromatic N) is 1. The van der Waals surface area contributed by atoms with E-state index < -0.39 is 5.97 Å². The van der Waals surface area contributed by atoms with Gasteiger partial charge in [-0.05, 0) is 30.3 Å². The van der Waals surface area contributed by atoms with Gasteiger partial charge >= 0.3 is 5.97 Å². The van der Waals surface area contributed by atoms with Crippen molar-refractivity contribution >= 4 is 17.6 Å². The third-order valence-electron chi connectivity index (χ3n) is 3.43. The van der Waals surface area contributed by atoms with Crippen molar-refractivity contribution in [3.05, 3.63) is 47.2 Å². The quantitative estimate of drug-likeness (QED) is 0.854. The number of benzene rings is 1. The average Bonchev–Trinajstić information content (AvgIpc) is 2.53. The molecule has 0 saturated carbocycles. The maximum absolute atomic E-state index is 10.9. The highest BCUT2D eigenvalue weighted by Gasteiger charge is 2.16. The Labute approximate surface area is 133 Å². The van der Waals surface area contributed by atoms with Crippen LogP contribution in [0.1, 0.15) is 17.9 Å². The van der Waals surface area contributed by atoms with Gasteiger partial charge < -0.3 is 15.6 Å². The third kappa shape index (κ3) is 3.75. The molecule has 0 aliphatic rings. The minimum absolute atomic E-state index is 0.0199. The number of methoxy groups -OCH3 is 1. The van der Waals surface area contributed by atoms with Crippen molar-refractivity contribution < 1.29 is 14.6 Å². The molecule has 1 aromatic heterocycles. The number of carboxylic acids is 1. The molecule has 0 aliphatic heterocycles. The standard InChI is InChI=1S/C16H17ClN2O3/c1-22-13-4-12(8-19-9-13)14-5-10(2-3-15(14)17)11(7-18)6-16(20)21/h2-5,8-9,11H,6-7,18H2,1H3,(H,20,21). The predicted molar refractivity (Wildman–Crippen MR) is 85.3 cm³/mol. The zero-order valence-electron chi connectivity index (χ0n) is 12.1. The number of carboxylic acid groups (broad SMARTS) is 1. The topological polar surface area (TPSA) is 85.4 Å². The largest absolute Gasteiger partial charge is 0.495 e. The number of hydrogen-bond donors (Lipinski definition) is 2. The molecule has 2 rings (SSSR count). The molecule has 3 N–H and O–H groups in total. The van der Waals surface area contributed by atoms with Crippen molar-refractivity contribution in [3.63, 3.8) is 0 Å². The van der Waals surface area contributed by atoms with Crippen LogP contribution in [0.5, 0.6) is 5.75 Å². The zero-order chi connectivity index (χ0) is 16.1. The number of pyridine rings is 1. The number of rotatable bonds is 6. The molecule has 1 aromatic carbocycles. The molecule has 2 aromatic rings. The van der Waals surface area contributed by atoms with Gasteiger partial charge in [0.05, 0.1) is 19.7 Å². The molecule has 22 heavy (non-hydrogen) atoms. The lowest BCUT2D eigenvalue weighted by atomic mass is 9.93. The second-order valence-electron chi connectivity index (χ2n) is 4.88. The molecule has 1 atom stereocenters. The number of nitrogens with two attached hydrogens (primary N) is 1. The summed E-state index contributed by atoms with van der Waals surface area (Å²) in [5.41, 5.74) is 8.11. The Morgan fingerprint density at radius 1 is 1.41 bits per heavy atom. The van der Waals surface area contributed by atoms with Crippen molar-refractivity contribution in [2.24, 2.45) is 5.73 Å². The fraction of sp³-hybridized carbons (Fsp3) is 0.250. The highest BCUT2D eigenvalue weighted by Crippen LogP contribution is 2.32. The van der Waals surface area contributed by atoms with E-state index in [0.717, 1.165) is 16.7 Å². The van der Waals surface area contributed by atoms with Crippen molar-refractivity contribution in [3.8, 4) is 16.9 Å². The summed E-state index contributed by atoms with van der Waals surface area (Å²) in [6, 6.07) is 7.24. The Balaban J connectivity index is 2.43. The van der Waals surface area contributed by atoms with Crippen LogP contribution in [0.3, 0.4) is 0 Å². The van der Waals surface area contributed by atoms with Gasteiger partial charge in [0.1, 0.15) is 5.75 Å². The van der Waals surface area contributed by atoms with E-state index in [4.69, 9.17) is 27.2 Å². The fourth-order valence-corrected chi connectivity index (χ4v) is 2.47. The van der Waals surface area contributed by atoms with Gasteiger partial charge in [-0.1, -0.05) is 17.7 Å². The van der Waals surface area contributed by atoms with E-state index in [9.17, 15) is 4.79 Å². The van der Waals surface area contributed by atoms with E-state index in [1.54, 1.807) is 31.6 Å².